The first-order valence-electron chi connectivity index (χ1n) is 13.9. The average Bonchev–Trinajstić information content (AvgIpc) is 3.29. The van der Waals surface area contributed by atoms with Crippen molar-refractivity contribution >= 4 is 62.4 Å². The molecular weight excluding hydrogens is 610 g/mol. The standard InChI is InChI=1S/C29H40BrN5O5S/c1-27(2,3)39-25(37)31-19-8-9-22(20(16-19)32-23(36)21-17-41-24(30)33-21)34-14-11-29(12-15-34)10-7-13-35(18-29)26(38)40-28(4,5)6/h8-9,16-17H,7,10-15,18H2,1-6H3,(H,31,37)(H,32,36). The largest absolute Gasteiger partial charge is 0.444 e. The van der Waals surface area contributed by atoms with Crippen molar-refractivity contribution in [2.24, 2.45) is 5.41 Å². The summed E-state index contributed by atoms with van der Waals surface area (Å²) in [4.78, 5) is 46.6. The van der Waals surface area contributed by atoms with E-state index in [0.717, 1.165) is 51.0 Å². The molecule has 4 rings (SSSR count). The van der Waals surface area contributed by atoms with Crippen molar-refractivity contribution in [3.05, 3.63) is 33.2 Å². The molecule has 0 atom stereocenters. The van der Waals surface area contributed by atoms with Gasteiger partial charge in [-0.05, 0) is 107 Å². The Kier molecular flexibility index (Phi) is 9.22. The molecule has 224 valence electrons. The Morgan fingerprint density at radius 1 is 0.976 bits per heavy atom. The number of thiazole rings is 1. The summed E-state index contributed by atoms with van der Waals surface area (Å²) in [5, 5.41) is 7.44. The molecule has 0 saturated carbocycles. The zero-order valence-corrected chi connectivity index (χ0v) is 27.0. The third-order valence-electron chi connectivity index (χ3n) is 7.08. The Morgan fingerprint density at radius 2 is 1.66 bits per heavy atom. The van der Waals surface area contributed by atoms with E-state index in [4.69, 9.17) is 9.47 Å². The van der Waals surface area contributed by atoms with E-state index in [-0.39, 0.29) is 17.4 Å². The lowest BCUT2D eigenvalue weighted by atomic mass is 9.72. The molecule has 1 aromatic carbocycles. The van der Waals surface area contributed by atoms with Gasteiger partial charge in [0.05, 0.1) is 11.4 Å². The van der Waals surface area contributed by atoms with Gasteiger partial charge in [-0.3, -0.25) is 10.1 Å². The highest BCUT2D eigenvalue weighted by molar-refractivity contribution is 9.11. The third kappa shape index (κ3) is 8.57. The molecule has 0 radical (unpaired) electrons. The lowest BCUT2D eigenvalue weighted by Gasteiger charge is -2.48. The Balaban J connectivity index is 1.50. The van der Waals surface area contributed by atoms with Gasteiger partial charge in [0.2, 0.25) is 0 Å². The second-order valence-corrected chi connectivity index (χ2v) is 14.9. The number of amides is 3. The number of anilines is 3. The van der Waals surface area contributed by atoms with Crippen LogP contribution in [-0.4, -0.2) is 65.4 Å². The van der Waals surface area contributed by atoms with Crippen LogP contribution < -0.4 is 15.5 Å². The fourth-order valence-corrected chi connectivity index (χ4v) is 6.26. The molecule has 2 fully saturated rings. The fourth-order valence-electron chi connectivity index (χ4n) is 5.27. The molecule has 2 saturated heterocycles. The highest BCUT2D eigenvalue weighted by atomic mass is 79.9. The third-order valence-corrected chi connectivity index (χ3v) is 8.44. The van der Waals surface area contributed by atoms with Crippen molar-refractivity contribution in [3.8, 4) is 0 Å². The predicted octanol–water partition coefficient (Wildman–Crippen LogP) is 7.12. The van der Waals surface area contributed by atoms with E-state index in [0.29, 0.717) is 27.5 Å². The van der Waals surface area contributed by atoms with Gasteiger partial charge in [0.25, 0.3) is 5.91 Å². The maximum absolute atomic E-state index is 13.1. The minimum Gasteiger partial charge on any atom is -0.444 e. The van der Waals surface area contributed by atoms with E-state index in [1.54, 1.807) is 32.2 Å². The van der Waals surface area contributed by atoms with Gasteiger partial charge in [0, 0.05) is 37.2 Å². The van der Waals surface area contributed by atoms with Crippen molar-refractivity contribution < 1.29 is 23.9 Å². The minimum absolute atomic E-state index is 0.0418. The van der Waals surface area contributed by atoms with E-state index < -0.39 is 17.3 Å². The molecule has 3 heterocycles. The molecule has 0 aliphatic carbocycles. The van der Waals surface area contributed by atoms with Crippen molar-refractivity contribution in [3.63, 3.8) is 0 Å². The molecule has 12 heteroatoms. The molecule has 0 bridgehead atoms. The van der Waals surface area contributed by atoms with Gasteiger partial charge in [-0.15, -0.1) is 11.3 Å². The number of aromatic nitrogens is 1. The second kappa shape index (κ2) is 12.2. The topological polar surface area (TPSA) is 113 Å². The lowest BCUT2D eigenvalue weighted by Crippen LogP contribution is -2.52. The number of nitrogens with zero attached hydrogens (tertiary/aromatic N) is 3. The zero-order chi connectivity index (χ0) is 30.0. The summed E-state index contributed by atoms with van der Waals surface area (Å²) in [7, 11) is 0. The Morgan fingerprint density at radius 3 is 2.27 bits per heavy atom. The van der Waals surface area contributed by atoms with Gasteiger partial charge < -0.3 is 24.6 Å². The summed E-state index contributed by atoms with van der Waals surface area (Å²) in [6.07, 6.45) is 3.03. The van der Waals surface area contributed by atoms with Gasteiger partial charge in [-0.1, -0.05) is 0 Å². The number of carbonyl (C=O) groups excluding carboxylic acids is 3. The van der Waals surface area contributed by atoms with Gasteiger partial charge in [0.1, 0.15) is 16.9 Å². The van der Waals surface area contributed by atoms with Crippen LogP contribution in [0.3, 0.4) is 0 Å². The smallest absolute Gasteiger partial charge is 0.412 e. The number of carbonyl (C=O) groups is 3. The van der Waals surface area contributed by atoms with Gasteiger partial charge in [0.15, 0.2) is 3.92 Å². The maximum Gasteiger partial charge on any atom is 0.412 e. The second-order valence-electron chi connectivity index (χ2n) is 12.8. The van der Waals surface area contributed by atoms with Crippen LogP contribution in [0.15, 0.2) is 27.5 Å². The number of nitrogens with one attached hydrogen (secondary N) is 2. The minimum atomic E-state index is -0.638. The summed E-state index contributed by atoms with van der Waals surface area (Å²) in [6.45, 7) is 14.0. The van der Waals surface area contributed by atoms with Crippen molar-refractivity contribution in [1.29, 1.82) is 0 Å². The Hall–Kier alpha value is -2.86. The molecule has 1 spiro atoms. The number of ether oxygens (including phenoxy) is 2. The van der Waals surface area contributed by atoms with Crippen LogP contribution in [0, 0.1) is 5.41 Å². The zero-order valence-electron chi connectivity index (χ0n) is 24.6. The number of halogens is 1. The van der Waals surface area contributed by atoms with E-state index in [9.17, 15) is 14.4 Å². The maximum atomic E-state index is 13.1. The summed E-state index contributed by atoms with van der Waals surface area (Å²) < 4.78 is 11.7. The SMILES string of the molecule is CC(C)(C)OC(=O)Nc1ccc(N2CCC3(CCCN(C(=O)OC(C)(C)C)C3)CC2)c(NC(=O)c2csc(Br)n2)c1. The first-order valence-corrected chi connectivity index (χ1v) is 15.6. The van der Waals surface area contributed by atoms with E-state index in [1.807, 2.05) is 37.8 Å². The summed E-state index contributed by atoms with van der Waals surface area (Å²) in [5.41, 5.74) is 1.12. The van der Waals surface area contributed by atoms with Crippen LogP contribution in [0.5, 0.6) is 0 Å². The molecule has 2 aliphatic rings. The van der Waals surface area contributed by atoms with Gasteiger partial charge >= 0.3 is 12.2 Å². The van der Waals surface area contributed by atoms with E-state index >= 15 is 0 Å². The molecule has 2 N–H and O–H groups in total. The van der Waals surface area contributed by atoms with Gasteiger partial charge in [-0.2, -0.15) is 0 Å². The molecule has 10 nitrogen and oxygen atoms in total. The lowest BCUT2D eigenvalue weighted by molar-refractivity contribution is -0.000530. The summed E-state index contributed by atoms with van der Waals surface area (Å²) in [6, 6.07) is 5.46. The monoisotopic (exact) mass is 649 g/mol. The molecule has 0 unspecified atom stereocenters. The highest BCUT2D eigenvalue weighted by Crippen LogP contribution is 2.42. The molecule has 2 aromatic rings. The summed E-state index contributed by atoms with van der Waals surface area (Å²) in [5.74, 6) is -0.337. The van der Waals surface area contributed by atoms with Crippen LogP contribution in [0.2, 0.25) is 0 Å². The number of benzene rings is 1. The molecule has 2 aliphatic heterocycles. The summed E-state index contributed by atoms with van der Waals surface area (Å²) >= 11 is 4.65. The quantitative estimate of drug-likeness (QED) is 0.362. The van der Waals surface area contributed by atoms with Crippen molar-refractivity contribution in [1.82, 2.24) is 9.88 Å². The molecule has 41 heavy (non-hydrogen) atoms. The first kappa shape index (κ1) is 31.1. The normalized spacial score (nSPS) is 17.2. The fraction of sp³-hybridized carbons (Fsp3) is 0.586. The highest BCUT2D eigenvalue weighted by Gasteiger charge is 2.41. The van der Waals surface area contributed by atoms with Crippen molar-refractivity contribution in [2.75, 3.05) is 41.7 Å². The van der Waals surface area contributed by atoms with Gasteiger partial charge in [-0.25, -0.2) is 14.6 Å². The molecule has 1 aromatic heterocycles. The number of hydrogen-bond acceptors (Lipinski definition) is 8. The first-order chi connectivity index (χ1) is 19.1. The van der Waals surface area contributed by atoms with E-state index in [2.05, 4.69) is 36.4 Å². The van der Waals surface area contributed by atoms with Crippen LogP contribution in [0.25, 0.3) is 0 Å². The number of hydrogen-bond donors (Lipinski definition) is 2. The Labute approximate surface area is 254 Å². The van der Waals surface area contributed by atoms with Crippen molar-refractivity contribution in [2.45, 2.75) is 78.4 Å². The van der Waals surface area contributed by atoms with Crippen LogP contribution in [-0.2, 0) is 9.47 Å². The molecular formula is C29H40BrN5O5S. The van der Waals surface area contributed by atoms with Crippen LogP contribution in [0.4, 0.5) is 26.7 Å². The number of likely N-dealkylation sites (tertiary alicyclic amines) is 1. The van der Waals surface area contributed by atoms with Crippen LogP contribution >= 0.6 is 27.3 Å². The Bertz CT molecular complexity index is 1280. The number of piperidine rings is 2. The van der Waals surface area contributed by atoms with E-state index in [1.165, 1.54) is 11.3 Å². The average molecular weight is 651 g/mol. The number of rotatable bonds is 4. The van der Waals surface area contributed by atoms with Crippen LogP contribution in [0.1, 0.15) is 77.7 Å². The predicted molar refractivity (Wildman–Crippen MR) is 165 cm³/mol. The molecule has 3 amide bonds.